The van der Waals surface area contributed by atoms with Crippen LogP contribution in [0, 0.1) is 5.41 Å². The lowest BCUT2D eigenvalue weighted by molar-refractivity contribution is 0.0109. The van der Waals surface area contributed by atoms with Gasteiger partial charge in [-0.05, 0) is 133 Å². The predicted octanol–water partition coefficient (Wildman–Crippen LogP) is 7.61. The molecular formula is C33H68N4. The minimum absolute atomic E-state index is 0.199. The van der Waals surface area contributed by atoms with Gasteiger partial charge < -0.3 is 10.6 Å². The van der Waals surface area contributed by atoms with Gasteiger partial charge in [0.25, 0.3) is 0 Å². The summed E-state index contributed by atoms with van der Waals surface area (Å²) in [5.41, 5.74) is 1.36. The topological polar surface area (TPSA) is 30.5 Å². The van der Waals surface area contributed by atoms with E-state index in [4.69, 9.17) is 0 Å². The highest BCUT2D eigenvalue weighted by molar-refractivity contribution is 5.02. The molecule has 2 rings (SSSR count). The molecule has 220 valence electrons. The van der Waals surface area contributed by atoms with Crippen LogP contribution < -0.4 is 10.6 Å². The SMILES string of the molecule is CC(C)(C)CN(CCCCCCN(C1CC(C)(C)NC(C)(C)C1)C(C)(C)C)C1CC(C)(C)NC(C)(C)C1. The van der Waals surface area contributed by atoms with Crippen LogP contribution in [0.4, 0.5) is 0 Å². The Morgan fingerprint density at radius 3 is 1.32 bits per heavy atom. The van der Waals surface area contributed by atoms with Crippen molar-refractivity contribution in [3.05, 3.63) is 0 Å². The van der Waals surface area contributed by atoms with Gasteiger partial charge >= 0.3 is 0 Å². The standard InChI is InChI=1S/C33H68N4/c1-28(2,3)25-36(26-21-30(7,8)34-31(9,10)22-26)19-17-15-16-18-20-37(29(4,5)6)27-23-32(11,12)35-33(13,14)24-27/h26-27,34-35H,15-25H2,1-14H3. The summed E-state index contributed by atoms with van der Waals surface area (Å²) in [6.07, 6.45) is 10.3. The quantitative estimate of drug-likeness (QED) is 0.290. The van der Waals surface area contributed by atoms with Gasteiger partial charge in [-0.2, -0.15) is 0 Å². The fourth-order valence-electron chi connectivity index (χ4n) is 8.03. The molecule has 37 heavy (non-hydrogen) atoms. The number of unbranched alkanes of at least 4 members (excludes halogenated alkanes) is 3. The summed E-state index contributed by atoms with van der Waals surface area (Å²) < 4.78 is 0. The van der Waals surface area contributed by atoms with Gasteiger partial charge in [0.05, 0.1) is 0 Å². The maximum atomic E-state index is 3.89. The Hall–Kier alpha value is -0.160. The van der Waals surface area contributed by atoms with Crippen LogP contribution in [0.3, 0.4) is 0 Å². The molecule has 4 nitrogen and oxygen atoms in total. The van der Waals surface area contributed by atoms with Crippen LogP contribution >= 0.6 is 0 Å². The van der Waals surface area contributed by atoms with Gasteiger partial charge in [-0.1, -0.05) is 33.6 Å². The van der Waals surface area contributed by atoms with Crippen LogP contribution in [0.1, 0.15) is 148 Å². The Labute approximate surface area is 233 Å². The molecule has 0 spiro atoms. The number of piperidine rings is 2. The number of rotatable bonds is 10. The molecule has 0 aromatic heterocycles. The van der Waals surface area contributed by atoms with Crippen molar-refractivity contribution in [3.8, 4) is 0 Å². The fraction of sp³-hybridized carbons (Fsp3) is 1.00. The monoisotopic (exact) mass is 521 g/mol. The molecule has 0 aromatic carbocycles. The molecule has 0 unspecified atom stereocenters. The van der Waals surface area contributed by atoms with E-state index in [9.17, 15) is 0 Å². The van der Waals surface area contributed by atoms with Crippen LogP contribution in [-0.2, 0) is 0 Å². The fourth-order valence-corrected chi connectivity index (χ4v) is 8.03. The molecule has 2 aliphatic rings. The largest absolute Gasteiger partial charge is 0.307 e. The number of hydrogen-bond donors (Lipinski definition) is 2. The van der Waals surface area contributed by atoms with Crippen molar-refractivity contribution < 1.29 is 0 Å². The average Bonchev–Trinajstić information content (AvgIpc) is 2.59. The highest BCUT2D eigenvalue weighted by Gasteiger charge is 2.42. The third-order valence-corrected chi connectivity index (χ3v) is 8.43. The van der Waals surface area contributed by atoms with Gasteiger partial charge in [0.1, 0.15) is 0 Å². The van der Waals surface area contributed by atoms with E-state index < -0.39 is 0 Å². The average molecular weight is 521 g/mol. The van der Waals surface area contributed by atoms with Crippen molar-refractivity contribution in [2.75, 3.05) is 19.6 Å². The first-order valence-corrected chi connectivity index (χ1v) is 15.6. The van der Waals surface area contributed by atoms with Crippen LogP contribution in [0.5, 0.6) is 0 Å². The molecular weight excluding hydrogens is 452 g/mol. The summed E-state index contributed by atoms with van der Waals surface area (Å²) in [5, 5.41) is 7.77. The smallest absolute Gasteiger partial charge is 0.0145 e. The Bertz CT molecular complexity index is 675. The molecule has 4 heteroatoms. The summed E-state index contributed by atoms with van der Waals surface area (Å²) in [6.45, 7) is 37.2. The minimum Gasteiger partial charge on any atom is -0.307 e. The minimum atomic E-state index is 0.199. The van der Waals surface area contributed by atoms with E-state index in [0.717, 1.165) is 0 Å². The Balaban J connectivity index is 1.92. The van der Waals surface area contributed by atoms with Crippen molar-refractivity contribution >= 4 is 0 Å². The summed E-state index contributed by atoms with van der Waals surface area (Å²) in [4.78, 5) is 5.69. The van der Waals surface area contributed by atoms with Crippen LogP contribution in [0.2, 0.25) is 0 Å². The lowest BCUT2D eigenvalue weighted by atomic mass is 9.78. The second-order valence-corrected chi connectivity index (χ2v) is 17.7. The van der Waals surface area contributed by atoms with Crippen molar-refractivity contribution in [2.24, 2.45) is 5.41 Å². The molecule has 0 radical (unpaired) electrons. The van der Waals surface area contributed by atoms with E-state index in [1.807, 2.05) is 0 Å². The lowest BCUT2D eigenvalue weighted by Gasteiger charge is -2.53. The highest BCUT2D eigenvalue weighted by atomic mass is 15.2. The van der Waals surface area contributed by atoms with Gasteiger partial charge in [-0.25, -0.2) is 0 Å². The van der Waals surface area contributed by atoms with E-state index in [1.54, 1.807) is 0 Å². The van der Waals surface area contributed by atoms with Crippen molar-refractivity contribution in [1.29, 1.82) is 0 Å². The van der Waals surface area contributed by atoms with E-state index in [0.29, 0.717) is 17.5 Å². The van der Waals surface area contributed by atoms with Gasteiger partial charge in [-0.15, -0.1) is 0 Å². The van der Waals surface area contributed by atoms with Crippen LogP contribution in [0.15, 0.2) is 0 Å². The Morgan fingerprint density at radius 2 is 0.946 bits per heavy atom. The van der Waals surface area contributed by atoms with Crippen LogP contribution in [0.25, 0.3) is 0 Å². The van der Waals surface area contributed by atoms with E-state index in [1.165, 1.54) is 71.0 Å². The maximum Gasteiger partial charge on any atom is 0.0145 e. The van der Waals surface area contributed by atoms with Gasteiger partial charge in [0.15, 0.2) is 0 Å². The summed E-state index contributed by atoms with van der Waals surface area (Å²) in [5.74, 6) is 0. The lowest BCUT2D eigenvalue weighted by Crippen LogP contribution is -2.64. The molecule has 2 N–H and O–H groups in total. The molecule has 2 fully saturated rings. The van der Waals surface area contributed by atoms with Gasteiger partial charge in [0, 0.05) is 46.3 Å². The second-order valence-electron chi connectivity index (χ2n) is 17.7. The highest BCUT2D eigenvalue weighted by Crippen LogP contribution is 2.35. The number of nitrogens with zero attached hydrogens (tertiary/aromatic N) is 2. The molecule has 0 amide bonds. The van der Waals surface area contributed by atoms with Gasteiger partial charge in [0.2, 0.25) is 0 Å². The zero-order chi connectivity index (χ0) is 28.5. The second kappa shape index (κ2) is 11.8. The molecule has 0 aromatic rings. The van der Waals surface area contributed by atoms with Gasteiger partial charge in [-0.3, -0.25) is 9.80 Å². The maximum absolute atomic E-state index is 3.89. The van der Waals surface area contributed by atoms with Crippen molar-refractivity contribution in [3.63, 3.8) is 0 Å². The first-order valence-electron chi connectivity index (χ1n) is 15.6. The Kier molecular flexibility index (Phi) is 10.5. The number of hydrogen-bond acceptors (Lipinski definition) is 4. The van der Waals surface area contributed by atoms with E-state index in [2.05, 4.69) is 117 Å². The Morgan fingerprint density at radius 1 is 0.568 bits per heavy atom. The molecule has 2 saturated heterocycles. The molecule has 0 aliphatic carbocycles. The summed E-state index contributed by atoms with van der Waals surface area (Å²) >= 11 is 0. The first-order chi connectivity index (χ1) is 16.5. The summed E-state index contributed by atoms with van der Waals surface area (Å²) in [6, 6.07) is 1.33. The zero-order valence-electron chi connectivity index (χ0n) is 27.8. The molecule has 0 saturated carbocycles. The molecule has 2 heterocycles. The van der Waals surface area contributed by atoms with E-state index >= 15 is 0 Å². The van der Waals surface area contributed by atoms with Crippen molar-refractivity contribution in [2.45, 2.75) is 188 Å². The molecule has 0 atom stereocenters. The molecule has 0 bridgehead atoms. The predicted molar refractivity (Wildman–Crippen MR) is 165 cm³/mol. The number of nitrogens with one attached hydrogen (secondary N) is 2. The van der Waals surface area contributed by atoms with Crippen LogP contribution in [-0.4, -0.2) is 69.2 Å². The third kappa shape index (κ3) is 11.5. The summed E-state index contributed by atoms with van der Waals surface area (Å²) in [7, 11) is 0. The normalized spacial score (nSPS) is 24.6. The van der Waals surface area contributed by atoms with Crippen molar-refractivity contribution in [1.82, 2.24) is 20.4 Å². The third-order valence-electron chi connectivity index (χ3n) is 8.43. The van der Waals surface area contributed by atoms with E-state index in [-0.39, 0.29) is 27.7 Å². The molecule has 2 aliphatic heterocycles. The first kappa shape index (κ1) is 33.0. The zero-order valence-corrected chi connectivity index (χ0v) is 27.8.